The molecule has 5 nitrogen and oxygen atoms in total. The number of hydrogen-bond donors (Lipinski definition) is 1. The van der Waals surface area contributed by atoms with Crippen molar-refractivity contribution < 1.29 is 19.4 Å². The van der Waals surface area contributed by atoms with Gasteiger partial charge in [-0.3, -0.25) is 0 Å². The molecule has 13 heavy (non-hydrogen) atoms. The zero-order chi connectivity index (χ0) is 9.26. The van der Waals surface area contributed by atoms with E-state index in [1.54, 1.807) is 0 Å². The largest absolute Gasteiger partial charge is 0.465 e. The first-order valence-corrected chi connectivity index (χ1v) is 4.47. The van der Waals surface area contributed by atoms with Crippen LogP contribution in [0.4, 0.5) is 4.79 Å². The van der Waals surface area contributed by atoms with Crippen molar-refractivity contribution in [2.24, 2.45) is 0 Å². The Balaban J connectivity index is 1.74. The van der Waals surface area contributed by atoms with Crippen LogP contribution in [0.2, 0.25) is 0 Å². The maximum Gasteiger partial charge on any atom is 0.407 e. The fourth-order valence-electron chi connectivity index (χ4n) is 1.58. The molecule has 5 heteroatoms. The number of nitrogens with zero attached hydrogens (tertiary/aromatic N) is 1. The minimum Gasteiger partial charge on any atom is -0.465 e. The molecule has 1 N–H and O–H groups in total. The highest BCUT2D eigenvalue weighted by atomic mass is 16.6. The van der Waals surface area contributed by atoms with Gasteiger partial charge in [0.15, 0.2) is 0 Å². The molecule has 0 radical (unpaired) electrons. The van der Waals surface area contributed by atoms with Crippen LogP contribution in [0.15, 0.2) is 0 Å². The summed E-state index contributed by atoms with van der Waals surface area (Å²) in [7, 11) is 0. The van der Waals surface area contributed by atoms with Gasteiger partial charge in [-0.05, 0) is 6.42 Å². The van der Waals surface area contributed by atoms with E-state index >= 15 is 0 Å². The average molecular weight is 187 g/mol. The first kappa shape index (κ1) is 8.77. The van der Waals surface area contributed by atoms with E-state index in [1.165, 1.54) is 4.90 Å². The van der Waals surface area contributed by atoms with Crippen LogP contribution in [0, 0.1) is 0 Å². The standard InChI is InChI=1S/C8H13NO4/c10-8(11)9-2-1-6(3-9)13-7-4-12-5-7/h6-7H,1-5H2,(H,10,11). The van der Waals surface area contributed by atoms with Gasteiger partial charge in [0, 0.05) is 6.54 Å². The predicted octanol–water partition coefficient (Wildman–Crippen LogP) is 0.154. The number of ether oxygens (including phenoxy) is 2. The molecule has 2 heterocycles. The summed E-state index contributed by atoms with van der Waals surface area (Å²) in [4.78, 5) is 12.0. The van der Waals surface area contributed by atoms with Gasteiger partial charge >= 0.3 is 6.09 Å². The van der Waals surface area contributed by atoms with E-state index in [9.17, 15) is 4.79 Å². The van der Waals surface area contributed by atoms with Gasteiger partial charge in [-0.25, -0.2) is 4.79 Å². The number of hydrogen-bond acceptors (Lipinski definition) is 3. The molecule has 2 aliphatic rings. The van der Waals surface area contributed by atoms with Gasteiger partial charge < -0.3 is 19.5 Å². The van der Waals surface area contributed by atoms with Gasteiger partial charge in [0.25, 0.3) is 0 Å². The number of rotatable bonds is 2. The molecule has 1 unspecified atom stereocenters. The van der Waals surface area contributed by atoms with Crippen LogP contribution in [0.5, 0.6) is 0 Å². The fraction of sp³-hybridized carbons (Fsp3) is 0.875. The second-order valence-electron chi connectivity index (χ2n) is 3.43. The number of carboxylic acid groups (broad SMARTS) is 1. The van der Waals surface area contributed by atoms with E-state index in [-0.39, 0.29) is 12.2 Å². The van der Waals surface area contributed by atoms with Crippen molar-refractivity contribution in [1.29, 1.82) is 0 Å². The Morgan fingerprint density at radius 3 is 2.69 bits per heavy atom. The minimum absolute atomic E-state index is 0.0741. The Morgan fingerprint density at radius 2 is 2.23 bits per heavy atom. The molecule has 2 aliphatic heterocycles. The first-order valence-electron chi connectivity index (χ1n) is 4.47. The lowest BCUT2D eigenvalue weighted by Gasteiger charge is -2.28. The molecule has 0 aromatic carbocycles. The van der Waals surface area contributed by atoms with Gasteiger partial charge in [0.2, 0.25) is 0 Å². The molecule has 0 spiro atoms. The lowest BCUT2D eigenvalue weighted by Crippen LogP contribution is -2.40. The highest BCUT2D eigenvalue weighted by molar-refractivity contribution is 5.65. The van der Waals surface area contributed by atoms with Crippen molar-refractivity contribution in [3.05, 3.63) is 0 Å². The second kappa shape index (κ2) is 3.51. The van der Waals surface area contributed by atoms with Crippen LogP contribution >= 0.6 is 0 Å². The maximum atomic E-state index is 10.6. The molecule has 0 saturated carbocycles. The molecule has 2 saturated heterocycles. The molecule has 2 rings (SSSR count). The zero-order valence-electron chi connectivity index (χ0n) is 7.31. The van der Waals surface area contributed by atoms with Gasteiger partial charge in [0.1, 0.15) is 6.10 Å². The monoisotopic (exact) mass is 187 g/mol. The van der Waals surface area contributed by atoms with Gasteiger partial charge in [0.05, 0.1) is 25.9 Å². The van der Waals surface area contributed by atoms with Gasteiger partial charge in [-0.1, -0.05) is 0 Å². The average Bonchev–Trinajstić information content (AvgIpc) is 2.44. The summed E-state index contributed by atoms with van der Waals surface area (Å²) in [6.45, 7) is 2.41. The summed E-state index contributed by atoms with van der Waals surface area (Å²) in [6.07, 6.45) is 0.225. The van der Waals surface area contributed by atoms with Crippen molar-refractivity contribution in [3.63, 3.8) is 0 Å². The Morgan fingerprint density at radius 1 is 1.46 bits per heavy atom. The molecule has 0 bridgehead atoms. The van der Waals surface area contributed by atoms with Crippen LogP contribution in [-0.4, -0.2) is 54.6 Å². The van der Waals surface area contributed by atoms with Gasteiger partial charge in [-0.15, -0.1) is 0 Å². The molecular formula is C8H13NO4. The van der Waals surface area contributed by atoms with E-state index in [1.807, 2.05) is 0 Å². The van der Waals surface area contributed by atoms with Crippen LogP contribution < -0.4 is 0 Å². The van der Waals surface area contributed by atoms with Crippen molar-refractivity contribution >= 4 is 6.09 Å². The number of carbonyl (C=O) groups is 1. The number of likely N-dealkylation sites (tertiary alicyclic amines) is 1. The Hall–Kier alpha value is -0.810. The highest BCUT2D eigenvalue weighted by Gasteiger charge is 2.30. The van der Waals surface area contributed by atoms with Crippen molar-refractivity contribution in [1.82, 2.24) is 4.90 Å². The summed E-state index contributed by atoms with van der Waals surface area (Å²) in [5, 5.41) is 8.68. The third kappa shape index (κ3) is 1.92. The lowest BCUT2D eigenvalue weighted by molar-refractivity contribution is -0.151. The van der Waals surface area contributed by atoms with Crippen LogP contribution in [0.25, 0.3) is 0 Å². The first-order chi connectivity index (χ1) is 6.25. The summed E-state index contributed by atoms with van der Waals surface area (Å²) in [5.74, 6) is 0. The Labute approximate surface area is 76.2 Å². The third-order valence-corrected chi connectivity index (χ3v) is 2.41. The second-order valence-corrected chi connectivity index (χ2v) is 3.43. The van der Waals surface area contributed by atoms with E-state index in [0.29, 0.717) is 26.3 Å². The molecule has 1 atom stereocenters. The van der Waals surface area contributed by atoms with E-state index in [2.05, 4.69) is 0 Å². The summed E-state index contributed by atoms with van der Waals surface area (Å²) in [6, 6.07) is 0. The summed E-state index contributed by atoms with van der Waals surface area (Å²) >= 11 is 0. The maximum absolute atomic E-state index is 10.6. The molecule has 74 valence electrons. The van der Waals surface area contributed by atoms with Crippen molar-refractivity contribution in [3.8, 4) is 0 Å². The van der Waals surface area contributed by atoms with Crippen molar-refractivity contribution in [2.45, 2.75) is 18.6 Å². The summed E-state index contributed by atoms with van der Waals surface area (Å²) < 4.78 is 10.6. The third-order valence-electron chi connectivity index (χ3n) is 2.41. The van der Waals surface area contributed by atoms with Crippen LogP contribution in [0.1, 0.15) is 6.42 Å². The summed E-state index contributed by atoms with van der Waals surface area (Å²) in [5.41, 5.74) is 0. The predicted molar refractivity (Wildman–Crippen MR) is 43.7 cm³/mol. The van der Waals surface area contributed by atoms with Crippen molar-refractivity contribution in [2.75, 3.05) is 26.3 Å². The molecule has 0 aromatic heterocycles. The fourth-order valence-corrected chi connectivity index (χ4v) is 1.58. The smallest absolute Gasteiger partial charge is 0.407 e. The van der Waals surface area contributed by atoms with E-state index in [0.717, 1.165) is 6.42 Å². The topological polar surface area (TPSA) is 59.0 Å². The Kier molecular flexibility index (Phi) is 2.37. The zero-order valence-corrected chi connectivity index (χ0v) is 7.31. The Bertz CT molecular complexity index is 204. The SMILES string of the molecule is O=C(O)N1CCC(OC2COC2)C1. The van der Waals surface area contributed by atoms with E-state index < -0.39 is 6.09 Å². The number of amides is 1. The molecular weight excluding hydrogens is 174 g/mol. The minimum atomic E-state index is -0.851. The lowest BCUT2D eigenvalue weighted by atomic mass is 10.3. The van der Waals surface area contributed by atoms with Crippen LogP contribution in [-0.2, 0) is 9.47 Å². The van der Waals surface area contributed by atoms with Crippen LogP contribution in [0.3, 0.4) is 0 Å². The molecule has 0 aromatic rings. The quantitative estimate of drug-likeness (QED) is 0.668. The van der Waals surface area contributed by atoms with Gasteiger partial charge in [-0.2, -0.15) is 0 Å². The normalized spacial score (nSPS) is 28.9. The molecule has 2 fully saturated rings. The van der Waals surface area contributed by atoms with E-state index in [4.69, 9.17) is 14.6 Å². The highest BCUT2D eigenvalue weighted by Crippen LogP contribution is 2.17. The molecule has 1 amide bonds. The molecule has 0 aliphatic carbocycles.